The SMILES string of the molecule is c1ccc(-c2cccc(N(c3cccc(-c4ccccc4-c4ccccc4)c3)c3ccc4ccc5ccc6nc(-c7ccccc7)oc6c5c4c3)c2)cc1. The molecule has 0 aliphatic rings. The summed E-state index contributed by atoms with van der Waals surface area (Å²) in [6, 6.07) is 73.0. The summed E-state index contributed by atoms with van der Waals surface area (Å²) in [5, 5.41) is 4.42. The van der Waals surface area contributed by atoms with Gasteiger partial charge in [0.25, 0.3) is 0 Å². The summed E-state index contributed by atoms with van der Waals surface area (Å²) in [4.78, 5) is 7.29. The molecule has 0 aliphatic heterocycles. The number of rotatable bonds is 7. The Bertz CT molecular complexity index is 2930. The molecule has 254 valence electrons. The zero-order valence-corrected chi connectivity index (χ0v) is 29.4. The number of benzene rings is 9. The van der Waals surface area contributed by atoms with Crippen LogP contribution in [0.2, 0.25) is 0 Å². The summed E-state index contributed by atoms with van der Waals surface area (Å²) in [7, 11) is 0. The number of nitrogens with zero attached hydrogens (tertiary/aromatic N) is 2. The van der Waals surface area contributed by atoms with Crippen LogP contribution in [0.25, 0.3) is 77.5 Å². The fourth-order valence-corrected chi connectivity index (χ4v) is 7.67. The third kappa shape index (κ3) is 5.69. The van der Waals surface area contributed by atoms with E-state index in [-0.39, 0.29) is 0 Å². The summed E-state index contributed by atoms with van der Waals surface area (Å²) in [6.45, 7) is 0. The molecular formula is C51H34N2O. The van der Waals surface area contributed by atoms with Crippen molar-refractivity contribution in [2.45, 2.75) is 0 Å². The van der Waals surface area contributed by atoms with Crippen LogP contribution in [0.3, 0.4) is 0 Å². The highest BCUT2D eigenvalue weighted by Crippen LogP contribution is 2.42. The van der Waals surface area contributed by atoms with E-state index in [1.165, 1.54) is 22.3 Å². The monoisotopic (exact) mass is 690 g/mol. The maximum atomic E-state index is 6.60. The van der Waals surface area contributed by atoms with Gasteiger partial charge in [-0.2, -0.15) is 0 Å². The molecule has 0 saturated carbocycles. The first-order valence-electron chi connectivity index (χ1n) is 18.3. The van der Waals surface area contributed by atoms with Crippen LogP contribution in [-0.2, 0) is 0 Å². The van der Waals surface area contributed by atoms with Crippen molar-refractivity contribution in [2.75, 3.05) is 4.90 Å². The zero-order valence-electron chi connectivity index (χ0n) is 29.4. The number of anilines is 3. The van der Waals surface area contributed by atoms with Gasteiger partial charge < -0.3 is 9.32 Å². The van der Waals surface area contributed by atoms with Gasteiger partial charge >= 0.3 is 0 Å². The van der Waals surface area contributed by atoms with Gasteiger partial charge in [0.05, 0.1) is 0 Å². The van der Waals surface area contributed by atoms with Crippen LogP contribution in [0.15, 0.2) is 211 Å². The highest BCUT2D eigenvalue weighted by Gasteiger charge is 2.19. The molecule has 0 saturated heterocycles. The van der Waals surface area contributed by atoms with E-state index in [4.69, 9.17) is 9.40 Å². The lowest BCUT2D eigenvalue weighted by Crippen LogP contribution is -2.10. The Morgan fingerprint density at radius 1 is 0.370 bits per heavy atom. The van der Waals surface area contributed by atoms with Crippen molar-refractivity contribution in [1.82, 2.24) is 4.98 Å². The Hall–Kier alpha value is -7.23. The van der Waals surface area contributed by atoms with E-state index in [0.29, 0.717) is 5.89 Å². The third-order valence-corrected chi connectivity index (χ3v) is 10.3. The Kier molecular flexibility index (Phi) is 7.81. The number of hydrogen-bond donors (Lipinski definition) is 0. The third-order valence-electron chi connectivity index (χ3n) is 10.3. The van der Waals surface area contributed by atoms with Crippen LogP contribution in [0.4, 0.5) is 17.1 Å². The first kappa shape index (κ1) is 31.5. The normalized spacial score (nSPS) is 11.3. The van der Waals surface area contributed by atoms with E-state index < -0.39 is 0 Å². The number of hydrogen-bond acceptors (Lipinski definition) is 3. The lowest BCUT2D eigenvalue weighted by Gasteiger charge is -2.27. The largest absolute Gasteiger partial charge is 0.435 e. The standard InChI is InChI=1S/C51H34N2O/c1-4-14-35(15-5-1)40-20-12-22-42(32-40)53(43-23-13-21-41(33-43)46-25-11-10-24-45(46)36-16-6-2-7-17-36)44-30-28-37-26-27-38-29-31-48-50(49(38)47(37)34-44)54-51(52-48)39-18-8-3-9-19-39/h1-34H. The average molecular weight is 691 g/mol. The molecule has 10 aromatic rings. The van der Waals surface area contributed by atoms with E-state index in [1.807, 2.05) is 30.3 Å². The molecule has 3 nitrogen and oxygen atoms in total. The van der Waals surface area contributed by atoms with Gasteiger partial charge in [-0.3, -0.25) is 0 Å². The van der Waals surface area contributed by atoms with Crippen molar-refractivity contribution in [3.05, 3.63) is 206 Å². The van der Waals surface area contributed by atoms with E-state index in [9.17, 15) is 0 Å². The first-order chi connectivity index (χ1) is 26.8. The van der Waals surface area contributed by atoms with Crippen LogP contribution in [0.1, 0.15) is 0 Å². The Balaban J connectivity index is 1.18. The predicted molar refractivity (Wildman–Crippen MR) is 225 cm³/mol. The molecule has 0 unspecified atom stereocenters. The fourth-order valence-electron chi connectivity index (χ4n) is 7.67. The maximum Gasteiger partial charge on any atom is 0.227 e. The summed E-state index contributed by atoms with van der Waals surface area (Å²) in [6.07, 6.45) is 0. The molecule has 0 bridgehead atoms. The molecule has 3 heteroatoms. The minimum atomic E-state index is 0.623. The molecule has 0 spiro atoms. The van der Waals surface area contributed by atoms with E-state index in [0.717, 1.165) is 66.4 Å². The van der Waals surface area contributed by atoms with Crippen molar-refractivity contribution in [1.29, 1.82) is 0 Å². The van der Waals surface area contributed by atoms with Gasteiger partial charge in [-0.25, -0.2) is 4.98 Å². The smallest absolute Gasteiger partial charge is 0.227 e. The zero-order chi connectivity index (χ0) is 35.8. The van der Waals surface area contributed by atoms with Crippen molar-refractivity contribution < 1.29 is 4.42 Å². The van der Waals surface area contributed by atoms with Crippen LogP contribution >= 0.6 is 0 Å². The lowest BCUT2D eigenvalue weighted by atomic mass is 9.94. The molecule has 10 rings (SSSR count). The van der Waals surface area contributed by atoms with Gasteiger partial charge in [0.2, 0.25) is 5.89 Å². The highest BCUT2D eigenvalue weighted by molar-refractivity contribution is 6.18. The minimum Gasteiger partial charge on any atom is -0.435 e. The first-order valence-corrected chi connectivity index (χ1v) is 18.3. The minimum absolute atomic E-state index is 0.623. The van der Waals surface area contributed by atoms with Crippen molar-refractivity contribution >= 4 is 49.7 Å². The molecule has 1 aromatic heterocycles. The maximum absolute atomic E-state index is 6.60. The van der Waals surface area contributed by atoms with Crippen molar-refractivity contribution in [2.24, 2.45) is 0 Å². The molecule has 1 heterocycles. The van der Waals surface area contributed by atoms with Crippen LogP contribution in [0.5, 0.6) is 0 Å². The van der Waals surface area contributed by atoms with E-state index >= 15 is 0 Å². The van der Waals surface area contributed by atoms with E-state index in [1.54, 1.807) is 0 Å². The van der Waals surface area contributed by atoms with Crippen molar-refractivity contribution in [3.8, 4) is 44.8 Å². The lowest BCUT2D eigenvalue weighted by molar-refractivity contribution is 0.623. The van der Waals surface area contributed by atoms with Crippen LogP contribution in [-0.4, -0.2) is 4.98 Å². The Labute approximate surface area is 314 Å². The Morgan fingerprint density at radius 3 is 1.61 bits per heavy atom. The molecule has 9 aromatic carbocycles. The topological polar surface area (TPSA) is 29.3 Å². The molecule has 0 aliphatic carbocycles. The van der Waals surface area contributed by atoms with Gasteiger partial charge in [0.15, 0.2) is 5.58 Å². The van der Waals surface area contributed by atoms with Gasteiger partial charge in [-0.1, -0.05) is 152 Å². The van der Waals surface area contributed by atoms with Crippen LogP contribution < -0.4 is 4.90 Å². The Morgan fingerprint density at radius 2 is 0.889 bits per heavy atom. The summed E-state index contributed by atoms with van der Waals surface area (Å²) in [5.74, 6) is 0.623. The molecule has 0 N–H and O–H groups in total. The molecule has 54 heavy (non-hydrogen) atoms. The second-order valence-corrected chi connectivity index (χ2v) is 13.6. The number of aromatic nitrogens is 1. The summed E-state index contributed by atoms with van der Waals surface area (Å²) >= 11 is 0. The molecular weight excluding hydrogens is 657 g/mol. The van der Waals surface area contributed by atoms with Crippen LogP contribution in [0, 0.1) is 0 Å². The second kappa shape index (κ2) is 13.4. The molecule has 0 radical (unpaired) electrons. The van der Waals surface area contributed by atoms with E-state index in [2.05, 4.69) is 181 Å². The number of oxazole rings is 1. The van der Waals surface area contributed by atoms with Crippen molar-refractivity contribution in [3.63, 3.8) is 0 Å². The predicted octanol–water partition coefficient (Wildman–Crippen LogP) is 14.3. The highest BCUT2D eigenvalue weighted by atomic mass is 16.3. The summed E-state index contributed by atoms with van der Waals surface area (Å²) in [5.41, 5.74) is 12.9. The van der Waals surface area contributed by atoms with Gasteiger partial charge in [-0.05, 0) is 104 Å². The fraction of sp³-hybridized carbons (Fsp3) is 0. The van der Waals surface area contributed by atoms with Gasteiger partial charge in [0.1, 0.15) is 5.52 Å². The quantitative estimate of drug-likeness (QED) is 0.156. The molecule has 0 fully saturated rings. The van der Waals surface area contributed by atoms with Gasteiger partial charge in [0, 0.05) is 28.0 Å². The molecule has 0 atom stereocenters. The average Bonchev–Trinajstić information content (AvgIpc) is 3.70. The summed E-state index contributed by atoms with van der Waals surface area (Å²) < 4.78 is 6.60. The molecule has 0 amide bonds. The second-order valence-electron chi connectivity index (χ2n) is 13.6. The van der Waals surface area contributed by atoms with Gasteiger partial charge in [-0.15, -0.1) is 0 Å². The number of fused-ring (bicyclic) bond motifs is 5.